The van der Waals surface area contributed by atoms with Gasteiger partial charge in [-0.25, -0.2) is 13.2 Å². The molecule has 7 heteroatoms. The highest BCUT2D eigenvalue weighted by molar-refractivity contribution is 7.92. The number of carbonyl (C=O) groups excluding carboxylic acids is 2. The van der Waals surface area contributed by atoms with Crippen molar-refractivity contribution in [2.24, 2.45) is 0 Å². The van der Waals surface area contributed by atoms with Gasteiger partial charge in [0.05, 0.1) is 23.3 Å². The van der Waals surface area contributed by atoms with Crippen molar-refractivity contribution in [3.63, 3.8) is 0 Å². The van der Waals surface area contributed by atoms with Crippen molar-refractivity contribution in [1.29, 1.82) is 0 Å². The van der Waals surface area contributed by atoms with Crippen molar-refractivity contribution in [2.75, 3.05) is 18.2 Å². The number of sulfone groups is 1. The Balaban J connectivity index is 2.57. The van der Waals surface area contributed by atoms with Crippen LogP contribution in [-0.4, -0.2) is 33.2 Å². The molecule has 1 amide bonds. The van der Waals surface area contributed by atoms with Crippen LogP contribution in [-0.2, 0) is 19.4 Å². The summed E-state index contributed by atoms with van der Waals surface area (Å²) in [5, 5.41) is 2.41. The molecule has 0 saturated heterocycles. The van der Waals surface area contributed by atoms with Crippen LogP contribution < -0.4 is 5.32 Å². The maximum absolute atomic E-state index is 11.7. The predicted molar refractivity (Wildman–Crippen MR) is 58.5 cm³/mol. The Bertz CT molecular complexity index is 605. The van der Waals surface area contributed by atoms with E-state index in [-0.39, 0.29) is 16.1 Å². The van der Waals surface area contributed by atoms with E-state index in [9.17, 15) is 18.0 Å². The van der Waals surface area contributed by atoms with E-state index in [0.29, 0.717) is 0 Å². The van der Waals surface area contributed by atoms with Crippen LogP contribution in [0.3, 0.4) is 0 Å². The zero-order chi connectivity index (χ0) is 12.6. The number of nitrogens with one attached hydrogen (secondary N) is 1. The molecule has 17 heavy (non-hydrogen) atoms. The third-order valence-electron chi connectivity index (χ3n) is 2.33. The van der Waals surface area contributed by atoms with Crippen LogP contribution in [0.5, 0.6) is 0 Å². The van der Waals surface area contributed by atoms with Gasteiger partial charge in [-0.15, -0.1) is 0 Å². The summed E-state index contributed by atoms with van der Waals surface area (Å²) in [6, 6.07) is 3.92. The Hall–Kier alpha value is -1.89. The van der Waals surface area contributed by atoms with Crippen LogP contribution in [0, 0.1) is 0 Å². The highest BCUT2D eigenvalue weighted by Crippen LogP contribution is 2.27. The highest BCUT2D eigenvalue weighted by Gasteiger charge is 2.29. The first-order chi connectivity index (χ1) is 7.94. The zero-order valence-corrected chi connectivity index (χ0v) is 9.71. The van der Waals surface area contributed by atoms with E-state index in [1.54, 1.807) is 0 Å². The molecule has 1 aromatic carbocycles. The van der Waals surface area contributed by atoms with Gasteiger partial charge in [0, 0.05) is 0 Å². The fourth-order valence-electron chi connectivity index (χ4n) is 1.58. The molecule has 0 bridgehead atoms. The molecule has 6 nitrogen and oxygen atoms in total. The van der Waals surface area contributed by atoms with E-state index >= 15 is 0 Å². The number of rotatable bonds is 1. The second-order valence-corrected chi connectivity index (χ2v) is 5.47. The monoisotopic (exact) mass is 255 g/mol. The van der Waals surface area contributed by atoms with Crippen LogP contribution in [0.1, 0.15) is 10.4 Å². The molecule has 2 rings (SSSR count). The van der Waals surface area contributed by atoms with Crippen molar-refractivity contribution in [3.05, 3.63) is 23.8 Å². The lowest BCUT2D eigenvalue weighted by molar-refractivity contribution is -0.114. The number of hydrogen-bond donors (Lipinski definition) is 1. The molecule has 0 aromatic heterocycles. The topological polar surface area (TPSA) is 89.5 Å². The average Bonchev–Trinajstić information content (AvgIpc) is 2.25. The van der Waals surface area contributed by atoms with Gasteiger partial charge in [0.1, 0.15) is 5.75 Å². The molecule has 0 unspecified atom stereocenters. The maximum atomic E-state index is 11.7. The summed E-state index contributed by atoms with van der Waals surface area (Å²) in [6.07, 6.45) is 0. The van der Waals surface area contributed by atoms with Crippen LogP contribution >= 0.6 is 0 Å². The quantitative estimate of drug-likeness (QED) is 0.724. The molecule has 0 atom stereocenters. The standard InChI is InChI=1S/C10H9NO5S/c1-16-10(13)6-2-3-8-7(4-6)11-9(12)5-17(8,14)15/h2-4H,5H2,1H3,(H,11,12). The Morgan fingerprint density at radius 1 is 1.41 bits per heavy atom. The molecule has 90 valence electrons. The molecule has 1 N–H and O–H groups in total. The Morgan fingerprint density at radius 3 is 2.76 bits per heavy atom. The zero-order valence-electron chi connectivity index (χ0n) is 8.89. The van der Waals surface area contributed by atoms with Crippen molar-refractivity contribution < 1.29 is 22.7 Å². The molecule has 0 saturated carbocycles. The van der Waals surface area contributed by atoms with Gasteiger partial charge in [0.15, 0.2) is 9.84 Å². The van der Waals surface area contributed by atoms with Gasteiger partial charge in [0.25, 0.3) is 0 Å². The Kier molecular flexibility index (Phi) is 2.62. The number of hydrogen-bond acceptors (Lipinski definition) is 5. The second kappa shape index (κ2) is 3.85. The van der Waals surface area contributed by atoms with Gasteiger partial charge in [-0.05, 0) is 18.2 Å². The molecule has 1 aromatic rings. The van der Waals surface area contributed by atoms with E-state index in [0.717, 1.165) is 0 Å². The molecule has 0 aliphatic carbocycles. The number of anilines is 1. The van der Waals surface area contributed by atoms with Gasteiger partial charge >= 0.3 is 5.97 Å². The van der Waals surface area contributed by atoms with Crippen LogP contribution in [0.2, 0.25) is 0 Å². The number of amides is 1. The molecule has 1 aliphatic heterocycles. The summed E-state index contributed by atoms with van der Waals surface area (Å²) in [6.45, 7) is 0. The fourth-order valence-corrected chi connectivity index (χ4v) is 2.87. The molecular weight excluding hydrogens is 246 g/mol. The van der Waals surface area contributed by atoms with Gasteiger partial charge in [0.2, 0.25) is 5.91 Å². The third-order valence-corrected chi connectivity index (χ3v) is 4.00. The molecule has 0 spiro atoms. The lowest BCUT2D eigenvalue weighted by Gasteiger charge is -2.17. The van der Waals surface area contributed by atoms with E-state index in [1.165, 1.54) is 25.3 Å². The van der Waals surface area contributed by atoms with Crippen molar-refractivity contribution in [3.8, 4) is 0 Å². The lowest BCUT2D eigenvalue weighted by Crippen LogP contribution is -2.29. The number of methoxy groups -OCH3 is 1. The largest absolute Gasteiger partial charge is 0.465 e. The highest BCUT2D eigenvalue weighted by atomic mass is 32.2. The van der Waals surface area contributed by atoms with Crippen molar-refractivity contribution in [1.82, 2.24) is 0 Å². The minimum Gasteiger partial charge on any atom is -0.465 e. The number of ether oxygens (including phenoxy) is 1. The van der Waals surface area contributed by atoms with Gasteiger partial charge in [-0.1, -0.05) is 0 Å². The SMILES string of the molecule is COC(=O)c1ccc2c(c1)NC(=O)CS2(=O)=O. The normalized spacial score (nSPS) is 16.9. The first kappa shape index (κ1) is 11.6. The molecular formula is C10H9NO5S. The van der Waals surface area contributed by atoms with Gasteiger partial charge in [-0.3, -0.25) is 4.79 Å². The van der Waals surface area contributed by atoms with E-state index in [1.807, 2.05) is 0 Å². The minimum absolute atomic E-state index is 0.0183. The van der Waals surface area contributed by atoms with Gasteiger partial charge in [-0.2, -0.15) is 0 Å². The Labute approximate surface area is 97.5 Å². The predicted octanol–water partition coefficient (Wildman–Crippen LogP) is 0.199. The molecule has 1 aliphatic rings. The van der Waals surface area contributed by atoms with Crippen molar-refractivity contribution >= 4 is 27.4 Å². The average molecular weight is 255 g/mol. The van der Waals surface area contributed by atoms with Crippen LogP contribution in [0.4, 0.5) is 5.69 Å². The second-order valence-electron chi connectivity index (χ2n) is 3.51. The first-order valence-corrected chi connectivity index (χ1v) is 6.34. The lowest BCUT2D eigenvalue weighted by atomic mass is 10.2. The first-order valence-electron chi connectivity index (χ1n) is 4.69. The molecule has 0 fully saturated rings. The van der Waals surface area contributed by atoms with E-state index in [2.05, 4.69) is 10.1 Å². The molecule has 1 heterocycles. The minimum atomic E-state index is -3.60. The maximum Gasteiger partial charge on any atom is 0.337 e. The van der Waals surface area contributed by atoms with E-state index in [4.69, 9.17) is 0 Å². The van der Waals surface area contributed by atoms with Crippen molar-refractivity contribution in [2.45, 2.75) is 4.90 Å². The number of esters is 1. The third kappa shape index (κ3) is 2.01. The van der Waals surface area contributed by atoms with Crippen LogP contribution in [0.25, 0.3) is 0 Å². The summed E-state index contributed by atoms with van der Waals surface area (Å²) < 4.78 is 27.8. The number of benzene rings is 1. The summed E-state index contributed by atoms with van der Waals surface area (Å²) in [5.74, 6) is -1.78. The van der Waals surface area contributed by atoms with E-state index < -0.39 is 27.5 Å². The number of carbonyl (C=O) groups is 2. The summed E-state index contributed by atoms with van der Waals surface area (Å²) in [7, 11) is -2.39. The van der Waals surface area contributed by atoms with Crippen LogP contribution in [0.15, 0.2) is 23.1 Å². The smallest absolute Gasteiger partial charge is 0.337 e. The summed E-state index contributed by atoms with van der Waals surface area (Å²) >= 11 is 0. The fraction of sp³-hybridized carbons (Fsp3) is 0.200. The summed E-state index contributed by atoms with van der Waals surface area (Å²) in [5.41, 5.74) is 0.299. The number of fused-ring (bicyclic) bond motifs is 1. The molecule has 0 radical (unpaired) electrons. The summed E-state index contributed by atoms with van der Waals surface area (Å²) in [4.78, 5) is 22.5. The Morgan fingerprint density at radius 2 is 2.12 bits per heavy atom. The van der Waals surface area contributed by atoms with Gasteiger partial charge < -0.3 is 10.1 Å².